The molecule has 1 fully saturated rings. The molecule has 0 unspecified atom stereocenters. The van der Waals surface area contributed by atoms with E-state index in [1.54, 1.807) is 0 Å². The molecular weight excluding hydrogens is 327 g/mol. The van der Waals surface area contributed by atoms with E-state index in [0.717, 1.165) is 25.0 Å². The SMILES string of the molecule is CC(=O)Nc1ccc(S(=O)(=O)N[C@@H](CC2CC2)C(=O)O)c(F)c1. The van der Waals surface area contributed by atoms with Gasteiger partial charge in [-0.2, -0.15) is 4.72 Å². The second-order valence-electron chi connectivity index (χ2n) is 5.52. The molecule has 0 aromatic heterocycles. The zero-order valence-electron chi connectivity index (χ0n) is 12.4. The Morgan fingerprint density at radius 2 is 2.04 bits per heavy atom. The second-order valence-corrected chi connectivity index (χ2v) is 7.20. The molecule has 0 radical (unpaired) electrons. The van der Waals surface area contributed by atoms with Crippen molar-refractivity contribution in [3.05, 3.63) is 24.0 Å². The van der Waals surface area contributed by atoms with Crippen molar-refractivity contribution in [3.63, 3.8) is 0 Å². The van der Waals surface area contributed by atoms with Gasteiger partial charge in [0.05, 0.1) is 0 Å². The summed E-state index contributed by atoms with van der Waals surface area (Å²) in [6.45, 7) is 1.24. The van der Waals surface area contributed by atoms with Crippen LogP contribution in [0.3, 0.4) is 0 Å². The molecular formula is C14H17FN2O5S. The number of nitrogens with one attached hydrogen (secondary N) is 2. The average Bonchev–Trinajstić information content (AvgIpc) is 3.20. The van der Waals surface area contributed by atoms with Crippen LogP contribution in [0.15, 0.2) is 23.1 Å². The van der Waals surface area contributed by atoms with Gasteiger partial charge in [0.25, 0.3) is 0 Å². The highest BCUT2D eigenvalue weighted by molar-refractivity contribution is 7.89. The topological polar surface area (TPSA) is 113 Å². The maximum atomic E-state index is 14.0. The molecule has 1 aromatic carbocycles. The molecule has 9 heteroatoms. The van der Waals surface area contributed by atoms with Crippen LogP contribution in [0.25, 0.3) is 0 Å². The van der Waals surface area contributed by atoms with E-state index < -0.39 is 38.7 Å². The smallest absolute Gasteiger partial charge is 0.321 e. The lowest BCUT2D eigenvalue weighted by atomic mass is 10.1. The van der Waals surface area contributed by atoms with Crippen molar-refractivity contribution < 1.29 is 27.5 Å². The molecule has 1 aliphatic carbocycles. The third-order valence-corrected chi connectivity index (χ3v) is 4.91. The molecule has 23 heavy (non-hydrogen) atoms. The van der Waals surface area contributed by atoms with Gasteiger partial charge >= 0.3 is 5.97 Å². The predicted molar refractivity (Wildman–Crippen MR) is 79.8 cm³/mol. The lowest BCUT2D eigenvalue weighted by molar-refractivity contribution is -0.139. The summed E-state index contributed by atoms with van der Waals surface area (Å²) in [5, 5.41) is 11.4. The number of benzene rings is 1. The van der Waals surface area contributed by atoms with Crippen molar-refractivity contribution in [1.29, 1.82) is 0 Å². The molecule has 1 aliphatic rings. The Hall–Kier alpha value is -2.00. The number of hydrogen-bond donors (Lipinski definition) is 3. The minimum atomic E-state index is -4.32. The highest BCUT2D eigenvalue weighted by Crippen LogP contribution is 2.34. The molecule has 1 saturated carbocycles. The van der Waals surface area contributed by atoms with Gasteiger partial charge in [0.1, 0.15) is 16.8 Å². The van der Waals surface area contributed by atoms with E-state index in [4.69, 9.17) is 5.11 Å². The second kappa shape index (κ2) is 6.63. The number of sulfonamides is 1. The fourth-order valence-electron chi connectivity index (χ4n) is 2.14. The molecule has 126 valence electrons. The van der Waals surface area contributed by atoms with Crippen LogP contribution in [0.5, 0.6) is 0 Å². The van der Waals surface area contributed by atoms with Gasteiger partial charge in [-0.1, -0.05) is 12.8 Å². The maximum Gasteiger partial charge on any atom is 0.321 e. The van der Waals surface area contributed by atoms with E-state index in [-0.39, 0.29) is 18.0 Å². The molecule has 0 aliphatic heterocycles. The molecule has 2 rings (SSSR count). The number of rotatable bonds is 7. The Morgan fingerprint density at radius 3 is 2.52 bits per heavy atom. The number of hydrogen-bond acceptors (Lipinski definition) is 4. The van der Waals surface area contributed by atoms with Gasteiger partial charge in [0.15, 0.2) is 0 Å². The van der Waals surface area contributed by atoms with Gasteiger partial charge in [0.2, 0.25) is 15.9 Å². The van der Waals surface area contributed by atoms with E-state index >= 15 is 0 Å². The third-order valence-electron chi connectivity index (χ3n) is 3.40. The van der Waals surface area contributed by atoms with Crippen LogP contribution in [0, 0.1) is 11.7 Å². The number of carboxylic acids is 1. The third kappa shape index (κ3) is 4.73. The summed E-state index contributed by atoms with van der Waals surface area (Å²) < 4.78 is 40.4. The number of aliphatic carboxylic acids is 1. The maximum absolute atomic E-state index is 14.0. The van der Waals surface area contributed by atoms with Crippen molar-refractivity contribution in [2.24, 2.45) is 5.92 Å². The first kappa shape index (κ1) is 17.4. The normalized spacial score (nSPS) is 15.9. The van der Waals surface area contributed by atoms with Gasteiger partial charge in [-0.05, 0) is 30.5 Å². The fraction of sp³-hybridized carbons (Fsp3) is 0.429. The van der Waals surface area contributed by atoms with E-state index in [0.29, 0.717) is 0 Å². The van der Waals surface area contributed by atoms with Crippen LogP contribution in [-0.4, -0.2) is 31.4 Å². The van der Waals surface area contributed by atoms with E-state index in [1.165, 1.54) is 13.0 Å². The zero-order chi connectivity index (χ0) is 17.2. The molecule has 1 atom stereocenters. The quantitative estimate of drug-likeness (QED) is 0.690. The van der Waals surface area contributed by atoms with Crippen LogP contribution in [0.1, 0.15) is 26.2 Å². The Bertz CT molecular complexity index is 731. The minimum absolute atomic E-state index is 0.113. The lowest BCUT2D eigenvalue weighted by Crippen LogP contribution is -2.41. The monoisotopic (exact) mass is 344 g/mol. The summed E-state index contributed by atoms with van der Waals surface area (Å²) in [4.78, 5) is 21.4. The van der Waals surface area contributed by atoms with Gasteiger partial charge in [-0.25, -0.2) is 12.8 Å². The van der Waals surface area contributed by atoms with Gasteiger partial charge in [-0.3, -0.25) is 9.59 Å². The van der Waals surface area contributed by atoms with Crippen molar-refractivity contribution in [3.8, 4) is 0 Å². The number of anilines is 1. The summed E-state index contributed by atoms with van der Waals surface area (Å²) in [7, 11) is -4.32. The van der Waals surface area contributed by atoms with Crippen molar-refractivity contribution in [1.82, 2.24) is 4.72 Å². The van der Waals surface area contributed by atoms with E-state index in [9.17, 15) is 22.4 Å². The molecule has 7 nitrogen and oxygen atoms in total. The molecule has 3 N–H and O–H groups in total. The summed E-state index contributed by atoms with van der Waals surface area (Å²) in [6, 6.07) is 1.79. The van der Waals surface area contributed by atoms with Crippen molar-refractivity contribution >= 4 is 27.6 Å². The Balaban J connectivity index is 2.20. The molecule has 0 bridgehead atoms. The Labute approximate surface area is 132 Å². The molecule has 1 aromatic rings. The van der Waals surface area contributed by atoms with Crippen LogP contribution < -0.4 is 10.0 Å². The van der Waals surface area contributed by atoms with Crippen LogP contribution in [-0.2, 0) is 19.6 Å². The van der Waals surface area contributed by atoms with Crippen LogP contribution >= 0.6 is 0 Å². The Kier molecular flexibility index (Phi) is 5.00. The summed E-state index contributed by atoms with van der Waals surface area (Å²) >= 11 is 0. The first-order chi connectivity index (χ1) is 10.7. The number of carboxylic acid groups (broad SMARTS) is 1. The highest BCUT2D eigenvalue weighted by Gasteiger charge is 2.33. The van der Waals surface area contributed by atoms with Crippen LogP contribution in [0.2, 0.25) is 0 Å². The van der Waals surface area contributed by atoms with Crippen LogP contribution in [0.4, 0.5) is 10.1 Å². The summed E-state index contributed by atoms with van der Waals surface area (Å²) in [6.07, 6.45) is 1.91. The number of halogens is 1. The fourth-order valence-corrected chi connectivity index (χ4v) is 3.40. The standard InChI is InChI=1S/C14H17FN2O5S/c1-8(18)16-10-4-5-13(11(15)7-10)23(21,22)17-12(14(19)20)6-9-2-3-9/h4-5,7,9,12,17H,2-3,6H2,1H3,(H,16,18)(H,19,20)/t12-/m0/s1. The van der Waals surface area contributed by atoms with E-state index in [2.05, 4.69) is 5.32 Å². The number of amides is 1. The minimum Gasteiger partial charge on any atom is -0.480 e. The van der Waals surface area contributed by atoms with Crippen molar-refractivity contribution in [2.75, 3.05) is 5.32 Å². The number of carbonyl (C=O) groups excluding carboxylic acids is 1. The summed E-state index contributed by atoms with van der Waals surface area (Å²) in [5.41, 5.74) is 0.113. The largest absolute Gasteiger partial charge is 0.480 e. The van der Waals surface area contributed by atoms with Gasteiger partial charge in [0, 0.05) is 12.6 Å². The molecule has 0 heterocycles. The first-order valence-electron chi connectivity index (χ1n) is 7.01. The summed E-state index contributed by atoms with van der Waals surface area (Å²) in [5.74, 6) is -2.60. The highest BCUT2D eigenvalue weighted by atomic mass is 32.2. The van der Waals surface area contributed by atoms with Crippen molar-refractivity contribution in [2.45, 2.75) is 37.1 Å². The van der Waals surface area contributed by atoms with E-state index in [1.807, 2.05) is 4.72 Å². The van der Waals surface area contributed by atoms with Gasteiger partial charge in [-0.15, -0.1) is 0 Å². The number of carbonyl (C=O) groups is 2. The Morgan fingerprint density at radius 1 is 1.39 bits per heavy atom. The zero-order valence-corrected chi connectivity index (χ0v) is 13.2. The predicted octanol–water partition coefficient (Wildman–Crippen LogP) is 1.32. The molecule has 0 spiro atoms. The lowest BCUT2D eigenvalue weighted by Gasteiger charge is -2.15. The molecule has 0 saturated heterocycles. The first-order valence-corrected chi connectivity index (χ1v) is 8.49. The molecule has 1 amide bonds. The average molecular weight is 344 g/mol. The van der Waals surface area contributed by atoms with Gasteiger partial charge < -0.3 is 10.4 Å².